The molecule has 7 heteroatoms. The first-order valence-corrected chi connectivity index (χ1v) is 8.27. The number of carboxylic acid groups (broad SMARTS) is 1. The molecule has 1 heterocycles. The van der Waals surface area contributed by atoms with Crippen molar-refractivity contribution < 1.29 is 18.9 Å². The zero-order chi connectivity index (χ0) is 16.7. The van der Waals surface area contributed by atoms with Gasteiger partial charge < -0.3 is 10.4 Å². The Kier molecular flexibility index (Phi) is 5.99. The van der Waals surface area contributed by atoms with Gasteiger partial charge in [0.25, 0.3) is 5.91 Å². The molecular weight excluding hydrogens is 316 g/mol. The van der Waals surface area contributed by atoms with Crippen LogP contribution in [0.3, 0.4) is 0 Å². The van der Waals surface area contributed by atoms with Crippen molar-refractivity contribution in [2.24, 2.45) is 0 Å². The summed E-state index contributed by atoms with van der Waals surface area (Å²) in [6, 6.07) is 10.7. The highest BCUT2D eigenvalue weighted by Crippen LogP contribution is 2.08. The van der Waals surface area contributed by atoms with Gasteiger partial charge in [0.2, 0.25) is 0 Å². The first-order valence-electron chi connectivity index (χ1n) is 6.95. The third-order valence-corrected chi connectivity index (χ3v) is 4.55. The molecule has 0 aliphatic carbocycles. The number of benzene rings is 1. The Balaban J connectivity index is 1.96. The molecular formula is C16H16N2O4S. The molecule has 2 N–H and O–H groups in total. The second kappa shape index (κ2) is 8.19. The number of carbonyl (C=O) groups excluding carboxylic acids is 1. The fraction of sp³-hybridized carbons (Fsp3) is 0.188. The van der Waals surface area contributed by atoms with E-state index in [4.69, 9.17) is 0 Å². The average Bonchev–Trinajstić information content (AvgIpc) is 2.59. The van der Waals surface area contributed by atoms with Crippen LogP contribution in [-0.2, 0) is 15.6 Å². The van der Waals surface area contributed by atoms with E-state index in [0.717, 1.165) is 0 Å². The van der Waals surface area contributed by atoms with E-state index in [1.54, 1.807) is 24.3 Å². The molecule has 1 amide bonds. The average molecular weight is 332 g/mol. The van der Waals surface area contributed by atoms with Crippen molar-refractivity contribution in [3.8, 4) is 0 Å². The molecule has 0 unspecified atom stereocenters. The van der Waals surface area contributed by atoms with Gasteiger partial charge in [-0.1, -0.05) is 18.2 Å². The zero-order valence-electron chi connectivity index (χ0n) is 12.2. The van der Waals surface area contributed by atoms with E-state index >= 15 is 0 Å². The van der Waals surface area contributed by atoms with E-state index in [1.807, 2.05) is 6.07 Å². The fourth-order valence-corrected chi connectivity index (χ4v) is 3.06. The van der Waals surface area contributed by atoms with E-state index in [-0.39, 0.29) is 12.2 Å². The quantitative estimate of drug-likeness (QED) is 0.800. The molecule has 1 aromatic carbocycles. The maximum absolute atomic E-state index is 12.1. The van der Waals surface area contributed by atoms with Crippen LogP contribution in [0.25, 0.3) is 0 Å². The fourth-order valence-electron chi connectivity index (χ4n) is 1.92. The predicted molar refractivity (Wildman–Crippen MR) is 85.5 cm³/mol. The van der Waals surface area contributed by atoms with Crippen LogP contribution >= 0.6 is 0 Å². The lowest BCUT2D eigenvalue weighted by Crippen LogP contribution is -2.41. The van der Waals surface area contributed by atoms with E-state index in [9.17, 15) is 18.9 Å². The number of hydrogen-bond donors (Lipinski definition) is 2. The second-order valence-corrected chi connectivity index (χ2v) is 6.32. The maximum atomic E-state index is 12.1. The number of carbonyl (C=O) groups is 2. The van der Waals surface area contributed by atoms with Gasteiger partial charge >= 0.3 is 5.97 Å². The third-order valence-electron chi connectivity index (χ3n) is 3.14. The van der Waals surface area contributed by atoms with Gasteiger partial charge in [0.1, 0.15) is 6.04 Å². The molecule has 0 aliphatic heterocycles. The Morgan fingerprint density at radius 1 is 1.13 bits per heavy atom. The van der Waals surface area contributed by atoms with Crippen LogP contribution in [0.4, 0.5) is 0 Å². The number of pyridine rings is 1. The molecule has 23 heavy (non-hydrogen) atoms. The number of nitrogens with one attached hydrogen (secondary N) is 1. The number of aromatic nitrogens is 1. The van der Waals surface area contributed by atoms with Crippen LogP contribution in [-0.4, -0.2) is 38.0 Å². The molecule has 2 atom stereocenters. The van der Waals surface area contributed by atoms with Crippen LogP contribution in [0.5, 0.6) is 0 Å². The van der Waals surface area contributed by atoms with Crippen molar-refractivity contribution in [2.75, 3.05) is 5.75 Å². The number of aliphatic carboxylic acids is 1. The van der Waals surface area contributed by atoms with Crippen molar-refractivity contribution in [3.05, 3.63) is 60.4 Å². The summed E-state index contributed by atoms with van der Waals surface area (Å²) >= 11 is 0. The van der Waals surface area contributed by atoms with E-state index in [2.05, 4.69) is 10.3 Å². The van der Waals surface area contributed by atoms with Gasteiger partial charge in [-0.05, 0) is 30.7 Å². The van der Waals surface area contributed by atoms with Crippen LogP contribution in [0.1, 0.15) is 16.8 Å². The highest BCUT2D eigenvalue weighted by atomic mass is 32.2. The molecule has 0 saturated carbocycles. The van der Waals surface area contributed by atoms with Gasteiger partial charge in [0.15, 0.2) is 0 Å². The Hall–Kier alpha value is -2.54. The summed E-state index contributed by atoms with van der Waals surface area (Å²) in [5, 5.41) is 11.7. The lowest BCUT2D eigenvalue weighted by atomic mass is 10.2. The number of nitrogens with zero attached hydrogens (tertiary/aromatic N) is 1. The molecule has 1 aromatic heterocycles. The second-order valence-electron chi connectivity index (χ2n) is 4.75. The van der Waals surface area contributed by atoms with E-state index in [0.29, 0.717) is 10.5 Å². The molecule has 0 saturated heterocycles. The SMILES string of the molecule is O=C(N[C@@H](CC[S@@](=O)c1ccccc1)C(=O)O)c1ccncc1. The normalized spacial score (nSPS) is 13.0. The minimum atomic E-state index is -1.30. The summed E-state index contributed by atoms with van der Waals surface area (Å²) < 4.78 is 12.1. The topological polar surface area (TPSA) is 96.4 Å². The van der Waals surface area contributed by atoms with Gasteiger partial charge in [-0.25, -0.2) is 4.79 Å². The van der Waals surface area contributed by atoms with Crippen molar-refractivity contribution in [3.63, 3.8) is 0 Å². The van der Waals surface area contributed by atoms with Crippen LogP contribution in [0.2, 0.25) is 0 Å². The van der Waals surface area contributed by atoms with Crippen LogP contribution in [0.15, 0.2) is 59.8 Å². The minimum Gasteiger partial charge on any atom is -0.480 e. The van der Waals surface area contributed by atoms with Crippen molar-refractivity contribution in [1.29, 1.82) is 0 Å². The maximum Gasteiger partial charge on any atom is 0.326 e. The summed E-state index contributed by atoms with van der Waals surface area (Å²) in [6.07, 6.45) is 2.98. The minimum absolute atomic E-state index is 0.0770. The lowest BCUT2D eigenvalue weighted by molar-refractivity contribution is -0.139. The molecule has 2 aromatic rings. The van der Waals surface area contributed by atoms with Crippen molar-refractivity contribution in [2.45, 2.75) is 17.4 Å². The smallest absolute Gasteiger partial charge is 0.326 e. The summed E-state index contributed by atoms with van der Waals surface area (Å²) in [6.45, 7) is 0. The van der Waals surface area contributed by atoms with Gasteiger partial charge in [0, 0.05) is 28.6 Å². The van der Waals surface area contributed by atoms with Crippen molar-refractivity contribution >= 4 is 22.7 Å². The Morgan fingerprint density at radius 3 is 2.39 bits per heavy atom. The first-order chi connectivity index (χ1) is 11.1. The Morgan fingerprint density at radius 2 is 1.78 bits per heavy atom. The van der Waals surface area contributed by atoms with Crippen LogP contribution in [0, 0.1) is 0 Å². The number of hydrogen-bond acceptors (Lipinski definition) is 4. The van der Waals surface area contributed by atoms with Gasteiger partial charge in [0.05, 0.1) is 10.8 Å². The number of rotatable bonds is 7. The number of carboxylic acids is 1. The van der Waals surface area contributed by atoms with Gasteiger partial charge in [-0.3, -0.25) is 14.0 Å². The third kappa shape index (κ3) is 5.00. The van der Waals surface area contributed by atoms with E-state index in [1.165, 1.54) is 24.5 Å². The molecule has 0 bridgehead atoms. The monoisotopic (exact) mass is 332 g/mol. The molecule has 0 aliphatic rings. The molecule has 0 fully saturated rings. The lowest BCUT2D eigenvalue weighted by Gasteiger charge is -2.14. The molecule has 0 spiro atoms. The standard InChI is InChI=1S/C16H16N2O4S/c19-15(12-6-9-17-10-7-12)18-14(16(20)21)8-11-23(22)13-4-2-1-3-5-13/h1-7,9-10,14H,8,11H2,(H,18,19)(H,20,21)/t14-,23+/m0/s1. The summed E-state index contributed by atoms with van der Waals surface area (Å²) in [4.78, 5) is 27.7. The molecule has 0 radical (unpaired) electrons. The summed E-state index contributed by atoms with van der Waals surface area (Å²) in [5.74, 6) is -1.50. The predicted octanol–water partition coefficient (Wildman–Crippen LogP) is 1.46. The zero-order valence-corrected chi connectivity index (χ0v) is 13.0. The Bertz CT molecular complexity index is 692. The molecule has 120 valence electrons. The summed E-state index contributed by atoms with van der Waals surface area (Å²) in [5.41, 5.74) is 0.329. The van der Waals surface area contributed by atoms with Crippen molar-refractivity contribution in [1.82, 2.24) is 10.3 Å². The summed E-state index contributed by atoms with van der Waals surface area (Å²) in [7, 11) is -1.30. The van der Waals surface area contributed by atoms with Gasteiger partial charge in [-0.2, -0.15) is 0 Å². The highest BCUT2D eigenvalue weighted by molar-refractivity contribution is 7.85. The van der Waals surface area contributed by atoms with Crippen LogP contribution < -0.4 is 5.32 Å². The number of amides is 1. The van der Waals surface area contributed by atoms with Gasteiger partial charge in [-0.15, -0.1) is 0 Å². The largest absolute Gasteiger partial charge is 0.480 e. The highest BCUT2D eigenvalue weighted by Gasteiger charge is 2.21. The van der Waals surface area contributed by atoms with E-state index < -0.39 is 28.7 Å². The molecule has 6 nitrogen and oxygen atoms in total. The molecule has 2 rings (SSSR count). The first kappa shape index (κ1) is 16.8. The Labute approximate surface area is 136 Å².